The predicted molar refractivity (Wildman–Crippen MR) is 93.3 cm³/mol. The van der Waals surface area contributed by atoms with Gasteiger partial charge in [0.2, 0.25) is 0 Å². The molecule has 0 saturated carbocycles. The van der Waals surface area contributed by atoms with E-state index < -0.39 is 0 Å². The molecule has 0 spiro atoms. The average Bonchev–Trinajstić information content (AvgIpc) is 3.19. The van der Waals surface area contributed by atoms with Crippen LogP contribution in [0.15, 0.2) is 59.6 Å². The molecule has 0 bridgehead atoms. The zero-order valence-electron chi connectivity index (χ0n) is 12.5. The van der Waals surface area contributed by atoms with Crippen molar-refractivity contribution in [3.63, 3.8) is 0 Å². The molecule has 3 rings (SSSR count). The number of nitrogens with zero attached hydrogens (tertiary/aromatic N) is 3. The van der Waals surface area contributed by atoms with Crippen LogP contribution in [0.2, 0.25) is 0 Å². The van der Waals surface area contributed by atoms with Crippen LogP contribution >= 0.6 is 23.1 Å². The third kappa shape index (κ3) is 3.89. The van der Waals surface area contributed by atoms with Crippen molar-refractivity contribution in [3.8, 4) is 0 Å². The topological polar surface area (TPSA) is 30.7 Å². The Morgan fingerprint density at radius 2 is 2.09 bits per heavy atom. The Hall–Kier alpha value is -1.92. The highest BCUT2D eigenvalue weighted by molar-refractivity contribution is 7.98. The molecule has 0 N–H and O–H groups in total. The number of halogens is 1. The number of benzene rings is 1. The summed E-state index contributed by atoms with van der Waals surface area (Å²) in [5.74, 6) is 1.25. The van der Waals surface area contributed by atoms with Crippen molar-refractivity contribution in [3.05, 3.63) is 76.5 Å². The second kappa shape index (κ2) is 7.57. The van der Waals surface area contributed by atoms with E-state index in [4.69, 9.17) is 0 Å². The van der Waals surface area contributed by atoms with Crippen LogP contribution in [0.5, 0.6) is 0 Å². The maximum atomic E-state index is 13.7. The van der Waals surface area contributed by atoms with E-state index in [-0.39, 0.29) is 5.82 Å². The normalized spacial score (nSPS) is 10.8. The number of hydrogen-bond donors (Lipinski definition) is 0. The second-order valence-electron chi connectivity index (χ2n) is 4.93. The summed E-state index contributed by atoms with van der Waals surface area (Å²) in [5.41, 5.74) is 0.672. The third-order valence-corrected chi connectivity index (χ3v) is 5.22. The van der Waals surface area contributed by atoms with Gasteiger partial charge in [-0.25, -0.2) is 4.39 Å². The van der Waals surface area contributed by atoms with Crippen molar-refractivity contribution in [1.82, 2.24) is 14.8 Å². The van der Waals surface area contributed by atoms with E-state index in [1.165, 1.54) is 22.7 Å². The smallest absolute Gasteiger partial charge is 0.191 e. The van der Waals surface area contributed by atoms with Crippen LogP contribution in [0.25, 0.3) is 0 Å². The average molecular weight is 345 g/mol. The van der Waals surface area contributed by atoms with Gasteiger partial charge < -0.3 is 4.57 Å². The van der Waals surface area contributed by atoms with Gasteiger partial charge in [0, 0.05) is 23.6 Å². The van der Waals surface area contributed by atoms with E-state index in [1.807, 2.05) is 22.8 Å². The van der Waals surface area contributed by atoms with Crippen LogP contribution < -0.4 is 0 Å². The van der Waals surface area contributed by atoms with Gasteiger partial charge in [0.1, 0.15) is 11.6 Å². The van der Waals surface area contributed by atoms with Crippen LogP contribution in [0.4, 0.5) is 4.39 Å². The molecule has 0 saturated heterocycles. The zero-order valence-corrected chi connectivity index (χ0v) is 14.1. The molecule has 3 aromatic rings. The van der Waals surface area contributed by atoms with Gasteiger partial charge in [0.05, 0.1) is 0 Å². The van der Waals surface area contributed by atoms with Gasteiger partial charge in [0.25, 0.3) is 0 Å². The van der Waals surface area contributed by atoms with E-state index >= 15 is 0 Å². The zero-order chi connectivity index (χ0) is 16.1. The highest BCUT2D eigenvalue weighted by Crippen LogP contribution is 2.24. The lowest BCUT2D eigenvalue weighted by Gasteiger charge is -2.07. The molecular weight excluding hydrogens is 329 g/mol. The minimum absolute atomic E-state index is 0.186. The molecule has 2 aromatic heterocycles. The Kier molecular flexibility index (Phi) is 5.25. The number of aromatic nitrogens is 3. The van der Waals surface area contributed by atoms with Gasteiger partial charge >= 0.3 is 0 Å². The predicted octanol–water partition coefficient (Wildman–Crippen LogP) is 4.55. The van der Waals surface area contributed by atoms with Crippen LogP contribution in [0.3, 0.4) is 0 Å². The minimum atomic E-state index is -0.186. The van der Waals surface area contributed by atoms with Crippen molar-refractivity contribution in [2.75, 3.05) is 0 Å². The first kappa shape index (κ1) is 16.0. The standard InChI is InChI=1S/C17H16FN3S2/c1-2-9-21-16(11-14-7-5-10-22-14)19-20-17(21)23-12-13-6-3-4-8-15(13)18/h2-8,10H,1,9,11-12H2. The molecule has 23 heavy (non-hydrogen) atoms. The van der Waals surface area contributed by atoms with Gasteiger partial charge in [-0.2, -0.15) is 0 Å². The molecule has 0 aliphatic heterocycles. The minimum Gasteiger partial charge on any atom is -0.302 e. The Balaban J connectivity index is 1.77. The lowest BCUT2D eigenvalue weighted by molar-refractivity contribution is 0.617. The molecule has 0 aliphatic rings. The molecule has 118 valence electrons. The number of allylic oxidation sites excluding steroid dienone is 1. The summed E-state index contributed by atoms with van der Waals surface area (Å²) < 4.78 is 15.8. The fourth-order valence-electron chi connectivity index (χ4n) is 2.20. The number of thiophene rings is 1. The molecule has 1 aromatic carbocycles. The van der Waals surface area contributed by atoms with Gasteiger partial charge in [-0.1, -0.05) is 42.1 Å². The Morgan fingerprint density at radius 1 is 1.22 bits per heavy atom. The fraction of sp³-hybridized carbons (Fsp3) is 0.176. The third-order valence-electron chi connectivity index (χ3n) is 3.33. The first-order chi connectivity index (χ1) is 11.3. The monoisotopic (exact) mass is 345 g/mol. The molecule has 2 heterocycles. The molecule has 6 heteroatoms. The highest BCUT2D eigenvalue weighted by atomic mass is 32.2. The van der Waals surface area contributed by atoms with E-state index in [2.05, 4.69) is 28.2 Å². The van der Waals surface area contributed by atoms with Gasteiger partial charge in [-0.3, -0.25) is 0 Å². The maximum absolute atomic E-state index is 13.7. The van der Waals surface area contributed by atoms with Gasteiger partial charge in [-0.15, -0.1) is 28.1 Å². The molecule has 0 aliphatic carbocycles. The molecule has 0 radical (unpaired) electrons. The summed E-state index contributed by atoms with van der Waals surface area (Å²) in [6.45, 7) is 4.45. The number of hydrogen-bond acceptors (Lipinski definition) is 4. The largest absolute Gasteiger partial charge is 0.302 e. The Bertz CT molecular complexity index is 781. The van der Waals surface area contributed by atoms with Crippen LogP contribution in [0, 0.1) is 5.82 Å². The van der Waals surface area contributed by atoms with Crippen LogP contribution in [-0.4, -0.2) is 14.8 Å². The highest BCUT2D eigenvalue weighted by Gasteiger charge is 2.13. The summed E-state index contributed by atoms with van der Waals surface area (Å²) in [6.07, 6.45) is 2.58. The summed E-state index contributed by atoms with van der Waals surface area (Å²) in [6, 6.07) is 10.9. The Morgan fingerprint density at radius 3 is 2.83 bits per heavy atom. The molecule has 0 unspecified atom stereocenters. The fourth-order valence-corrected chi connectivity index (χ4v) is 3.85. The van der Waals surface area contributed by atoms with E-state index in [0.717, 1.165) is 17.4 Å². The first-order valence-corrected chi connectivity index (χ1v) is 9.06. The van der Waals surface area contributed by atoms with E-state index in [0.29, 0.717) is 17.9 Å². The maximum Gasteiger partial charge on any atom is 0.191 e. The summed E-state index contributed by atoms with van der Waals surface area (Å²) in [4.78, 5) is 1.24. The first-order valence-electron chi connectivity index (χ1n) is 7.19. The summed E-state index contributed by atoms with van der Waals surface area (Å²) in [5, 5.41) is 11.4. The lowest BCUT2D eigenvalue weighted by Crippen LogP contribution is -2.04. The summed E-state index contributed by atoms with van der Waals surface area (Å²) >= 11 is 3.20. The molecule has 3 nitrogen and oxygen atoms in total. The Labute approximate surface area is 142 Å². The van der Waals surface area contributed by atoms with E-state index in [9.17, 15) is 4.39 Å². The van der Waals surface area contributed by atoms with Crippen molar-refractivity contribution in [2.45, 2.75) is 23.9 Å². The number of rotatable bonds is 7. The second-order valence-corrected chi connectivity index (χ2v) is 6.91. The van der Waals surface area contributed by atoms with Gasteiger partial charge in [0.15, 0.2) is 5.16 Å². The number of thioether (sulfide) groups is 1. The summed E-state index contributed by atoms with van der Waals surface area (Å²) in [7, 11) is 0. The van der Waals surface area contributed by atoms with Crippen molar-refractivity contribution >= 4 is 23.1 Å². The quantitative estimate of drug-likeness (QED) is 0.465. The van der Waals surface area contributed by atoms with Crippen LogP contribution in [0.1, 0.15) is 16.3 Å². The van der Waals surface area contributed by atoms with Crippen molar-refractivity contribution in [1.29, 1.82) is 0 Å². The van der Waals surface area contributed by atoms with Crippen molar-refractivity contribution in [2.24, 2.45) is 0 Å². The molecule has 0 amide bonds. The van der Waals surface area contributed by atoms with Crippen molar-refractivity contribution < 1.29 is 4.39 Å². The molecular formula is C17H16FN3S2. The SMILES string of the molecule is C=CCn1c(Cc2cccs2)nnc1SCc1ccccc1F. The molecule has 0 atom stereocenters. The van der Waals surface area contributed by atoms with Gasteiger partial charge in [-0.05, 0) is 23.1 Å². The lowest BCUT2D eigenvalue weighted by atomic mass is 10.2. The van der Waals surface area contributed by atoms with Crippen LogP contribution in [-0.2, 0) is 18.7 Å². The van der Waals surface area contributed by atoms with E-state index in [1.54, 1.807) is 23.5 Å². The molecule has 0 fully saturated rings.